The summed E-state index contributed by atoms with van der Waals surface area (Å²) in [5.74, 6) is 0. The van der Waals surface area contributed by atoms with Crippen LogP contribution in [0.1, 0.15) is 19.3 Å². The van der Waals surface area contributed by atoms with Gasteiger partial charge < -0.3 is 8.85 Å². The van der Waals surface area contributed by atoms with Crippen molar-refractivity contribution in [3.05, 3.63) is 30.3 Å². The third-order valence-electron chi connectivity index (χ3n) is 3.37. The van der Waals surface area contributed by atoms with Crippen LogP contribution < -0.4 is 5.19 Å². The van der Waals surface area contributed by atoms with E-state index in [1.807, 2.05) is 0 Å². The van der Waals surface area contributed by atoms with Crippen LogP contribution in [0.3, 0.4) is 0 Å². The van der Waals surface area contributed by atoms with Gasteiger partial charge in [0.2, 0.25) is 8.32 Å². The number of hydrogen-bond acceptors (Lipinski definition) is 2. The normalized spacial score (nSPS) is 22.1. The zero-order chi connectivity index (χ0) is 12.1. The summed E-state index contributed by atoms with van der Waals surface area (Å²) in [6.45, 7) is 5.52. The zero-order valence-electron chi connectivity index (χ0n) is 10.8. The first-order valence-electron chi connectivity index (χ1n) is 6.49. The van der Waals surface area contributed by atoms with Crippen LogP contribution in [0, 0.1) is 0 Å². The van der Waals surface area contributed by atoms with E-state index >= 15 is 0 Å². The highest BCUT2D eigenvalue weighted by Gasteiger charge is 2.26. The van der Waals surface area contributed by atoms with Crippen LogP contribution in [-0.2, 0) is 8.85 Å². The SMILES string of the molecule is C[Si](C)(O[SiH2]C1CCCCO1)c1ccccc1. The molecule has 1 saturated heterocycles. The molecular weight excluding hydrogens is 244 g/mol. The van der Waals surface area contributed by atoms with E-state index in [4.69, 9.17) is 8.85 Å². The van der Waals surface area contributed by atoms with Crippen molar-refractivity contribution in [1.29, 1.82) is 0 Å². The molecule has 4 heteroatoms. The van der Waals surface area contributed by atoms with Gasteiger partial charge in [0.15, 0.2) is 9.76 Å². The van der Waals surface area contributed by atoms with Crippen LogP contribution in [-0.4, -0.2) is 30.4 Å². The fraction of sp³-hybridized carbons (Fsp3) is 0.538. The van der Waals surface area contributed by atoms with Crippen molar-refractivity contribution in [3.8, 4) is 0 Å². The van der Waals surface area contributed by atoms with Crippen LogP contribution in [0.25, 0.3) is 0 Å². The van der Waals surface area contributed by atoms with E-state index in [0.717, 1.165) is 6.61 Å². The third kappa shape index (κ3) is 3.77. The molecular formula is C13H22O2Si2. The van der Waals surface area contributed by atoms with Crippen molar-refractivity contribution in [2.45, 2.75) is 38.1 Å². The van der Waals surface area contributed by atoms with Gasteiger partial charge in [-0.2, -0.15) is 0 Å². The second-order valence-electron chi connectivity index (χ2n) is 5.18. The second kappa shape index (κ2) is 5.95. The predicted molar refractivity (Wildman–Crippen MR) is 76.8 cm³/mol. The second-order valence-corrected chi connectivity index (χ2v) is 11.2. The Morgan fingerprint density at radius 2 is 2.00 bits per heavy atom. The summed E-state index contributed by atoms with van der Waals surface area (Å²) >= 11 is 0. The first-order chi connectivity index (χ1) is 8.18. The highest BCUT2D eigenvalue weighted by molar-refractivity contribution is 6.87. The molecule has 0 spiro atoms. The number of hydrogen-bond donors (Lipinski definition) is 0. The van der Waals surface area contributed by atoms with Crippen LogP contribution in [0.15, 0.2) is 30.3 Å². The van der Waals surface area contributed by atoms with Gasteiger partial charge >= 0.3 is 0 Å². The summed E-state index contributed by atoms with van der Waals surface area (Å²) in [7, 11) is -2.22. The summed E-state index contributed by atoms with van der Waals surface area (Å²) in [4.78, 5) is 0. The molecule has 1 heterocycles. The fourth-order valence-corrected chi connectivity index (χ4v) is 6.95. The van der Waals surface area contributed by atoms with E-state index in [0.29, 0.717) is 5.73 Å². The van der Waals surface area contributed by atoms with Gasteiger partial charge in [0, 0.05) is 6.61 Å². The highest BCUT2D eigenvalue weighted by Crippen LogP contribution is 2.13. The van der Waals surface area contributed by atoms with Gasteiger partial charge in [-0.05, 0) is 37.5 Å². The minimum absolute atomic E-state index is 0.458. The molecule has 0 radical (unpaired) electrons. The van der Waals surface area contributed by atoms with Gasteiger partial charge in [-0.1, -0.05) is 30.3 Å². The molecule has 2 rings (SSSR count). The van der Waals surface area contributed by atoms with Gasteiger partial charge in [0.05, 0.1) is 5.73 Å². The Morgan fingerprint density at radius 3 is 2.65 bits per heavy atom. The quantitative estimate of drug-likeness (QED) is 0.773. The zero-order valence-corrected chi connectivity index (χ0v) is 13.2. The van der Waals surface area contributed by atoms with E-state index in [2.05, 4.69) is 43.4 Å². The van der Waals surface area contributed by atoms with Gasteiger partial charge in [-0.25, -0.2) is 0 Å². The molecule has 1 aromatic rings. The predicted octanol–water partition coefficient (Wildman–Crippen LogP) is 1.73. The molecule has 1 aliphatic rings. The Labute approximate surface area is 107 Å². The monoisotopic (exact) mass is 266 g/mol. The van der Waals surface area contributed by atoms with Crippen molar-refractivity contribution in [1.82, 2.24) is 0 Å². The Hall–Kier alpha value is -0.426. The lowest BCUT2D eigenvalue weighted by Crippen LogP contribution is -2.47. The Kier molecular flexibility index (Phi) is 4.56. The molecule has 1 aromatic carbocycles. The van der Waals surface area contributed by atoms with Crippen LogP contribution in [0.2, 0.25) is 13.1 Å². The maximum atomic E-state index is 6.31. The molecule has 1 atom stereocenters. The van der Waals surface area contributed by atoms with Crippen molar-refractivity contribution < 1.29 is 8.85 Å². The summed E-state index contributed by atoms with van der Waals surface area (Å²) in [5.41, 5.74) is 0.458. The van der Waals surface area contributed by atoms with E-state index in [1.54, 1.807) is 0 Å². The smallest absolute Gasteiger partial charge is 0.205 e. The molecule has 1 fully saturated rings. The molecule has 17 heavy (non-hydrogen) atoms. The van der Waals surface area contributed by atoms with Gasteiger partial charge in [0.1, 0.15) is 0 Å². The minimum Gasteiger partial charge on any atom is -0.455 e. The lowest BCUT2D eigenvalue weighted by Gasteiger charge is -2.28. The Bertz CT molecular complexity index is 335. The number of rotatable bonds is 4. The Morgan fingerprint density at radius 1 is 1.24 bits per heavy atom. The molecule has 0 saturated carbocycles. The van der Waals surface area contributed by atoms with E-state index in [9.17, 15) is 0 Å². The number of benzene rings is 1. The maximum absolute atomic E-state index is 6.31. The molecule has 0 aromatic heterocycles. The summed E-state index contributed by atoms with van der Waals surface area (Å²) in [6, 6.07) is 10.7. The maximum Gasteiger partial charge on any atom is 0.205 e. The molecule has 0 aliphatic carbocycles. The van der Waals surface area contributed by atoms with Crippen molar-refractivity contribution in [3.63, 3.8) is 0 Å². The van der Waals surface area contributed by atoms with Gasteiger partial charge in [-0.15, -0.1) is 0 Å². The number of ether oxygens (including phenoxy) is 1. The highest BCUT2D eigenvalue weighted by atomic mass is 28.4. The molecule has 0 amide bonds. The van der Waals surface area contributed by atoms with Crippen LogP contribution in [0.4, 0.5) is 0 Å². The van der Waals surface area contributed by atoms with E-state index in [-0.39, 0.29) is 0 Å². The van der Waals surface area contributed by atoms with Crippen LogP contribution >= 0.6 is 0 Å². The average molecular weight is 266 g/mol. The summed E-state index contributed by atoms with van der Waals surface area (Å²) in [6.07, 6.45) is 3.75. The summed E-state index contributed by atoms with van der Waals surface area (Å²) in [5, 5.41) is 1.39. The lowest BCUT2D eigenvalue weighted by molar-refractivity contribution is 0.0597. The molecule has 0 bridgehead atoms. The first kappa shape index (κ1) is 13.0. The Balaban J connectivity index is 1.88. The average Bonchev–Trinajstić information content (AvgIpc) is 2.39. The van der Waals surface area contributed by atoms with Gasteiger partial charge in [-0.3, -0.25) is 0 Å². The third-order valence-corrected chi connectivity index (χ3v) is 9.67. The van der Waals surface area contributed by atoms with Crippen molar-refractivity contribution in [2.75, 3.05) is 6.61 Å². The minimum atomic E-state index is -1.68. The lowest BCUT2D eigenvalue weighted by atomic mass is 10.2. The van der Waals surface area contributed by atoms with Gasteiger partial charge in [0.25, 0.3) is 0 Å². The standard InChI is InChI=1S/C13H22O2Si2/c1-17(2,12-8-4-3-5-9-12)15-16-13-10-6-7-11-14-13/h3-5,8-9,13H,6-7,10-11,16H2,1-2H3. The van der Waals surface area contributed by atoms with Crippen molar-refractivity contribution >= 4 is 23.3 Å². The van der Waals surface area contributed by atoms with Crippen LogP contribution in [0.5, 0.6) is 0 Å². The fourth-order valence-electron chi connectivity index (χ4n) is 2.16. The topological polar surface area (TPSA) is 18.5 Å². The molecule has 94 valence electrons. The van der Waals surface area contributed by atoms with E-state index < -0.39 is 18.1 Å². The molecule has 2 nitrogen and oxygen atoms in total. The summed E-state index contributed by atoms with van der Waals surface area (Å²) < 4.78 is 12.1. The molecule has 1 aliphatic heterocycles. The molecule has 1 unspecified atom stereocenters. The van der Waals surface area contributed by atoms with Crippen molar-refractivity contribution in [2.24, 2.45) is 0 Å². The largest absolute Gasteiger partial charge is 0.455 e. The first-order valence-corrected chi connectivity index (χ1v) is 10.8. The van der Waals surface area contributed by atoms with E-state index in [1.165, 1.54) is 24.4 Å². The molecule has 0 N–H and O–H groups in total.